The fourth-order valence-corrected chi connectivity index (χ4v) is 1.92. The summed E-state index contributed by atoms with van der Waals surface area (Å²) in [6.45, 7) is 1.71. The van der Waals surface area contributed by atoms with Gasteiger partial charge >= 0.3 is 0 Å². The molecule has 1 aromatic carbocycles. The van der Waals surface area contributed by atoms with E-state index >= 15 is 0 Å². The Morgan fingerprint density at radius 3 is 3.06 bits per heavy atom. The number of hydrogen-bond donors (Lipinski definition) is 2. The summed E-state index contributed by atoms with van der Waals surface area (Å²) in [7, 11) is 1.80. The first-order chi connectivity index (χ1) is 8.65. The van der Waals surface area contributed by atoms with Crippen molar-refractivity contribution in [2.24, 2.45) is 0 Å². The second kappa shape index (κ2) is 5.07. The van der Waals surface area contributed by atoms with Gasteiger partial charge in [-0.25, -0.2) is 0 Å². The molecule has 1 aromatic rings. The van der Waals surface area contributed by atoms with Crippen LogP contribution in [0.25, 0.3) is 0 Å². The number of anilines is 1. The van der Waals surface area contributed by atoms with Crippen LogP contribution in [0.2, 0.25) is 0 Å². The summed E-state index contributed by atoms with van der Waals surface area (Å²) in [5.41, 5.74) is 1.62. The Morgan fingerprint density at radius 2 is 2.39 bits per heavy atom. The molecular weight excluding hydrogens is 230 g/mol. The summed E-state index contributed by atoms with van der Waals surface area (Å²) < 4.78 is 5.47. The highest BCUT2D eigenvalue weighted by atomic mass is 16.5. The van der Waals surface area contributed by atoms with E-state index in [0.29, 0.717) is 17.9 Å². The molecule has 5 heteroatoms. The first kappa shape index (κ1) is 12.4. The van der Waals surface area contributed by atoms with Crippen molar-refractivity contribution < 1.29 is 9.53 Å². The molecule has 94 valence electrons. The number of nitrogens with zero attached hydrogens (tertiary/aromatic N) is 1. The molecule has 0 saturated heterocycles. The zero-order valence-electron chi connectivity index (χ0n) is 10.4. The Morgan fingerprint density at radius 1 is 1.61 bits per heavy atom. The van der Waals surface area contributed by atoms with Crippen LogP contribution in [0.5, 0.6) is 5.75 Å². The van der Waals surface area contributed by atoms with Gasteiger partial charge in [0.2, 0.25) is 0 Å². The summed E-state index contributed by atoms with van der Waals surface area (Å²) in [5.74, 6) is 0.513. The van der Waals surface area contributed by atoms with Crippen molar-refractivity contribution in [2.75, 3.05) is 12.4 Å². The van der Waals surface area contributed by atoms with Crippen LogP contribution in [0.4, 0.5) is 5.69 Å². The van der Waals surface area contributed by atoms with E-state index in [0.717, 1.165) is 5.56 Å². The minimum Gasteiger partial charge on any atom is -0.479 e. The molecule has 1 aliphatic heterocycles. The number of nitriles is 1. The zero-order valence-corrected chi connectivity index (χ0v) is 10.4. The molecule has 0 bridgehead atoms. The SMILES string of the molecule is CNC(CC#N)c1ccc2c(c1)NC(=O)C(C)O2. The van der Waals surface area contributed by atoms with Crippen LogP contribution in [0.3, 0.4) is 0 Å². The Balaban J connectivity index is 2.30. The zero-order chi connectivity index (χ0) is 13.1. The van der Waals surface area contributed by atoms with Gasteiger partial charge in [-0.15, -0.1) is 0 Å². The summed E-state index contributed by atoms with van der Waals surface area (Å²) in [6, 6.07) is 7.66. The van der Waals surface area contributed by atoms with Crippen LogP contribution < -0.4 is 15.4 Å². The highest BCUT2D eigenvalue weighted by molar-refractivity contribution is 5.97. The van der Waals surface area contributed by atoms with Gasteiger partial charge in [0.25, 0.3) is 5.91 Å². The summed E-state index contributed by atoms with van der Waals surface area (Å²) >= 11 is 0. The van der Waals surface area contributed by atoms with Crippen LogP contribution in [0.1, 0.15) is 24.9 Å². The van der Waals surface area contributed by atoms with Crippen molar-refractivity contribution in [2.45, 2.75) is 25.5 Å². The number of benzene rings is 1. The summed E-state index contributed by atoms with van der Waals surface area (Å²) in [5, 5.41) is 14.6. The quantitative estimate of drug-likeness (QED) is 0.847. The predicted octanol–water partition coefficient (Wildman–Crippen LogP) is 1.58. The molecule has 0 aromatic heterocycles. The van der Waals surface area contributed by atoms with Crippen molar-refractivity contribution >= 4 is 11.6 Å². The van der Waals surface area contributed by atoms with Crippen molar-refractivity contribution in [1.29, 1.82) is 5.26 Å². The fourth-order valence-electron chi connectivity index (χ4n) is 1.92. The van der Waals surface area contributed by atoms with Gasteiger partial charge in [0, 0.05) is 6.04 Å². The molecule has 5 nitrogen and oxygen atoms in total. The number of fused-ring (bicyclic) bond motifs is 1. The van der Waals surface area contributed by atoms with Crippen LogP contribution in [-0.4, -0.2) is 19.1 Å². The lowest BCUT2D eigenvalue weighted by atomic mass is 10.0. The molecule has 2 N–H and O–H groups in total. The molecule has 1 amide bonds. The monoisotopic (exact) mass is 245 g/mol. The standard InChI is InChI=1S/C13H15N3O2/c1-8-13(17)16-11-7-9(3-4-12(11)18-8)10(15-2)5-6-14/h3-4,7-8,10,15H,5H2,1-2H3,(H,16,17). The third kappa shape index (κ3) is 2.29. The summed E-state index contributed by atoms with van der Waals surface area (Å²) in [6.07, 6.45) is -0.0944. The highest BCUT2D eigenvalue weighted by Gasteiger charge is 2.24. The van der Waals surface area contributed by atoms with E-state index in [1.807, 2.05) is 18.2 Å². The minimum atomic E-state index is -0.470. The normalized spacial score (nSPS) is 19.2. The second-order valence-electron chi connectivity index (χ2n) is 4.21. The van der Waals surface area contributed by atoms with Gasteiger partial charge in [0.05, 0.1) is 18.2 Å². The Kier molecular flexibility index (Phi) is 3.49. The molecule has 0 saturated carbocycles. The van der Waals surface area contributed by atoms with Crippen LogP contribution in [0.15, 0.2) is 18.2 Å². The fraction of sp³-hybridized carbons (Fsp3) is 0.385. The molecule has 18 heavy (non-hydrogen) atoms. The van der Waals surface area contributed by atoms with Crippen LogP contribution >= 0.6 is 0 Å². The lowest BCUT2D eigenvalue weighted by Crippen LogP contribution is -2.34. The molecule has 2 unspecified atom stereocenters. The van der Waals surface area contributed by atoms with E-state index in [1.165, 1.54) is 0 Å². The number of rotatable bonds is 3. The topological polar surface area (TPSA) is 74.2 Å². The first-order valence-electron chi connectivity index (χ1n) is 5.81. The van der Waals surface area contributed by atoms with Gasteiger partial charge in [-0.3, -0.25) is 4.79 Å². The first-order valence-corrected chi connectivity index (χ1v) is 5.81. The minimum absolute atomic E-state index is 0.0449. The lowest BCUT2D eigenvalue weighted by Gasteiger charge is -2.24. The third-order valence-electron chi connectivity index (χ3n) is 2.98. The second-order valence-corrected chi connectivity index (χ2v) is 4.21. The van der Waals surface area contributed by atoms with E-state index in [-0.39, 0.29) is 11.9 Å². The average molecular weight is 245 g/mol. The van der Waals surface area contributed by atoms with Crippen molar-refractivity contribution in [3.05, 3.63) is 23.8 Å². The highest BCUT2D eigenvalue weighted by Crippen LogP contribution is 2.32. The van der Waals surface area contributed by atoms with Crippen molar-refractivity contribution in [1.82, 2.24) is 5.32 Å². The number of nitrogens with one attached hydrogen (secondary N) is 2. The van der Waals surface area contributed by atoms with E-state index in [9.17, 15) is 4.79 Å². The van der Waals surface area contributed by atoms with Gasteiger partial charge in [-0.1, -0.05) is 6.07 Å². The lowest BCUT2D eigenvalue weighted by molar-refractivity contribution is -0.122. The Labute approximate surface area is 106 Å². The molecule has 0 aliphatic carbocycles. The molecule has 2 atom stereocenters. The maximum atomic E-state index is 11.5. The molecular formula is C13H15N3O2. The third-order valence-corrected chi connectivity index (χ3v) is 2.98. The van der Waals surface area contributed by atoms with Crippen LogP contribution in [0, 0.1) is 11.3 Å². The van der Waals surface area contributed by atoms with Gasteiger partial charge in [0.15, 0.2) is 6.10 Å². The smallest absolute Gasteiger partial charge is 0.265 e. The summed E-state index contributed by atoms with van der Waals surface area (Å²) in [4.78, 5) is 11.5. The molecule has 0 fully saturated rings. The van der Waals surface area contributed by atoms with Gasteiger partial charge in [-0.2, -0.15) is 5.26 Å². The molecule has 1 heterocycles. The van der Waals surface area contributed by atoms with E-state index in [2.05, 4.69) is 16.7 Å². The predicted molar refractivity (Wildman–Crippen MR) is 67.2 cm³/mol. The number of carbonyl (C=O) groups is 1. The van der Waals surface area contributed by atoms with E-state index in [1.54, 1.807) is 14.0 Å². The number of hydrogen-bond acceptors (Lipinski definition) is 4. The average Bonchev–Trinajstić information content (AvgIpc) is 2.37. The molecule has 1 aliphatic rings. The maximum absolute atomic E-state index is 11.5. The Bertz CT molecular complexity index is 507. The Hall–Kier alpha value is -2.06. The number of carbonyl (C=O) groups excluding carboxylic acids is 1. The molecule has 2 rings (SSSR count). The number of amides is 1. The van der Waals surface area contributed by atoms with Crippen molar-refractivity contribution in [3.63, 3.8) is 0 Å². The number of ether oxygens (including phenoxy) is 1. The molecule has 0 radical (unpaired) electrons. The van der Waals surface area contributed by atoms with E-state index in [4.69, 9.17) is 10.00 Å². The van der Waals surface area contributed by atoms with Crippen molar-refractivity contribution in [3.8, 4) is 11.8 Å². The largest absolute Gasteiger partial charge is 0.479 e. The van der Waals surface area contributed by atoms with Gasteiger partial charge < -0.3 is 15.4 Å². The van der Waals surface area contributed by atoms with Gasteiger partial charge in [0.1, 0.15) is 5.75 Å². The molecule has 0 spiro atoms. The maximum Gasteiger partial charge on any atom is 0.265 e. The van der Waals surface area contributed by atoms with E-state index < -0.39 is 6.10 Å². The van der Waals surface area contributed by atoms with Gasteiger partial charge in [-0.05, 0) is 31.7 Å². The van der Waals surface area contributed by atoms with Crippen LogP contribution in [-0.2, 0) is 4.79 Å².